The molecule has 0 aromatic heterocycles. The number of hydrogen-bond acceptors (Lipinski definition) is 5. The number of likely N-dealkylation sites (tertiary alicyclic amines) is 1. The van der Waals surface area contributed by atoms with E-state index in [-0.39, 0.29) is 12.0 Å². The Kier molecular flexibility index (Phi) is 35.1. The third-order valence-electron chi connectivity index (χ3n) is 6.81. The lowest BCUT2D eigenvalue weighted by Crippen LogP contribution is -2.44. The van der Waals surface area contributed by atoms with Crippen molar-refractivity contribution in [3.63, 3.8) is 0 Å². The Morgan fingerprint density at radius 2 is 1.58 bits per heavy atom. The zero-order chi connectivity index (χ0) is 33.5. The molecule has 1 aliphatic rings. The SMILES string of the molecule is C=CCCN(CCN(CCN1CCCCC1)C(C)/C=C/Cl)c1cc(C(=O)OC)ccc1C.CC.CC.CCC.CCCC. The molecule has 6 heteroatoms. The van der Waals surface area contributed by atoms with E-state index < -0.39 is 0 Å². The third-order valence-corrected chi connectivity index (χ3v) is 6.96. The molecule has 0 N–H and O–H groups in total. The molecule has 1 fully saturated rings. The van der Waals surface area contributed by atoms with E-state index >= 15 is 0 Å². The van der Waals surface area contributed by atoms with Crippen LogP contribution in [-0.4, -0.2) is 74.7 Å². The fourth-order valence-electron chi connectivity index (χ4n) is 4.24. The van der Waals surface area contributed by atoms with E-state index in [2.05, 4.69) is 68.9 Å². The standard InChI is InChI=1S/C26H40ClN3O2.C4H10.C3H8.2C2H6/c1-5-6-16-30(25-21-24(26(31)32-4)11-10-22(25)2)20-19-29(23(3)12-13-27)18-17-28-14-8-7-9-15-28;1-3-4-2;1-3-2;2*1-2/h5,10-13,21,23H,1,6-9,14-20H2,2-4H3;3-4H2,1-2H3;3H2,1-2H3;2*1-2H3/b13-12+;;;;. The van der Waals surface area contributed by atoms with E-state index in [9.17, 15) is 4.79 Å². The minimum Gasteiger partial charge on any atom is -0.465 e. The van der Waals surface area contributed by atoms with Crippen LogP contribution in [-0.2, 0) is 4.74 Å². The van der Waals surface area contributed by atoms with Gasteiger partial charge in [-0.05, 0) is 63.9 Å². The van der Waals surface area contributed by atoms with Crippen LogP contribution in [0.2, 0.25) is 0 Å². The van der Waals surface area contributed by atoms with Gasteiger partial charge in [-0.3, -0.25) is 4.90 Å². The van der Waals surface area contributed by atoms with Crippen LogP contribution in [0.25, 0.3) is 0 Å². The number of benzene rings is 1. The van der Waals surface area contributed by atoms with Crippen LogP contribution in [0.1, 0.15) is 123 Å². The second kappa shape index (κ2) is 33.1. The van der Waals surface area contributed by atoms with Gasteiger partial charge in [0.1, 0.15) is 0 Å². The molecule has 1 atom stereocenters. The number of anilines is 1. The molecule has 43 heavy (non-hydrogen) atoms. The minimum absolute atomic E-state index is 0.265. The third kappa shape index (κ3) is 22.4. The summed E-state index contributed by atoms with van der Waals surface area (Å²) >= 11 is 5.92. The number of nitrogens with zero attached hydrogens (tertiary/aromatic N) is 3. The van der Waals surface area contributed by atoms with Gasteiger partial charge in [-0.15, -0.1) is 6.58 Å². The van der Waals surface area contributed by atoms with Crippen molar-refractivity contribution in [2.24, 2.45) is 0 Å². The Bertz CT molecular complexity index is 792. The van der Waals surface area contributed by atoms with Crippen molar-refractivity contribution < 1.29 is 9.53 Å². The van der Waals surface area contributed by atoms with Crippen LogP contribution in [0.4, 0.5) is 5.69 Å². The number of unbranched alkanes of at least 4 members (excludes halogenated alkanes) is 1. The van der Waals surface area contributed by atoms with Gasteiger partial charge in [0.05, 0.1) is 12.7 Å². The van der Waals surface area contributed by atoms with Crippen LogP contribution in [0.15, 0.2) is 42.5 Å². The van der Waals surface area contributed by atoms with Gasteiger partial charge in [-0.1, -0.05) is 111 Å². The molecule has 0 radical (unpaired) electrons. The van der Waals surface area contributed by atoms with E-state index in [4.69, 9.17) is 16.3 Å². The highest BCUT2D eigenvalue weighted by molar-refractivity contribution is 6.25. The fourth-order valence-corrected chi connectivity index (χ4v) is 4.45. The lowest BCUT2D eigenvalue weighted by Gasteiger charge is -2.34. The normalized spacial score (nSPS) is 13.1. The van der Waals surface area contributed by atoms with Crippen LogP contribution < -0.4 is 4.90 Å². The van der Waals surface area contributed by atoms with Gasteiger partial charge in [0, 0.05) is 50.0 Å². The van der Waals surface area contributed by atoms with E-state index in [0.717, 1.165) is 50.4 Å². The minimum atomic E-state index is -0.307. The smallest absolute Gasteiger partial charge is 0.337 e. The van der Waals surface area contributed by atoms with Crippen molar-refractivity contribution in [2.45, 2.75) is 120 Å². The molecule has 2 rings (SSSR count). The molecule has 1 aliphatic heterocycles. The summed E-state index contributed by atoms with van der Waals surface area (Å²) in [6.07, 6.45) is 12.7. The van der Waals surface area contributed by atoms with Crippen molar-refractivity contribution in [3.05, 3.63) is 53.6 Å². The summed E-state index contributed by atoms with van der Waals surface area (Å²) in [7, 11) is 1.42. The molecular formula is C37H70ClN3O2. The van der Waals surface area contributed by atoms with Crippen molar-refractivity contribution >= 4 is 23.3 Å². The number of aryl methyl sites for hydroxylation is 1. The number of ether oxygens (including phenoxy) is 1. The highest BCUT2D eigenvalue weighted by Gasteiger charge is 2.18. The number of halogens is 1. The van der Waals surface area contributed by atoms with Gasteiger partial charge in [-0.2, -0.15) is 0 Å². The predicted molar refractivity (Wildman–Crippen MR) is 195 cm³/mol. The number of hydrogen-bond donors (Lipinski definition) is 0. The largest absolute Gasteiger partial charge is 0.465 e. The molecule has 1 unspecified atom stereocenters. The Balaban J connectivity index is -0.00000127. The summed E-state index contributed by atoms with van der Waals surface area (Å²) in [5, 5.41) is 0. The zero-order valence-electron chi connectivity index (χ0n) is 30.2. The van der Waals surface area contributed by atoms with E-state index in [1.165, 1.54) is 58.7 Å². The molecule has 1 aromatic rings. The highest BCUT2D eigenvalue weighted by atomic mass is 35.5. The number of rotatable bonds is 14. The molecule has 252 valence electrons. The first kappa shape index (κ1) is 45.6. The summed E-state index contributed by atoms with van der Waals surface area (Å²) in [6, 6.07) is 6.04. The molecule has 0 spiro atoms. The monoisotopic (exact) mass is 624 g/mol. The second-order valence-corrected chi connectivity index (χ2v) is 10.5. The number of esters is 1. The number of carbonyl (C=O) groups excluding carboxylic acids is 1. The molecule has 1 saturated heterocycles. The van der Waals surface area contributed by atoms with Crippen molar-refractivity contribution in [1.82, 2.24) is 9.80 Å². The summed E-state index contributed by atoms with van der Waals surface area (Å²) in [5.41, 5.74) is 4.43. The molecule has 0 amide bonds. The first-order valence-electron chi connectivity index (χ1n) is 17.1. The second-order valence-electron chi connectivity index (χ2n) is 10.3. The van der Waals surface area contributed by atoms with Gasteiger partial charge in [0.25, 0.3) is 0 Å². The Morgan fingerprint density at radius 1 is 1.00 bits per heavy atom. The highest BCUT2D eigenvalue weighted by Crippen LogP contribution is 2.23. The van der Waals surface area contributed by atoms with E-state index in [1.54, 1.807) is 5.54 Å². The topological polar surface area (TPSA) is 36.0 Å². The Morgan fingerprint density at radius 3 is 2.07 bits per heavy atom. The van der Waals surface area contributed by atoms with Gasteiger partial charge in [-0.25, -0.2) is 4.79 Å². The van der Waals surface area contributed by atoms with Gasteiger partial charge >= 0.3 is 5.97 Å². The molecule has 1 aromatic carbocycles. The first-order chi connectivity index (χ1) is 20.8. The number of methoxy groups -OCH3 is 1. The maximum atomic E-state index is 12.1. The Labute approximate surface area is 273 Å². The lowest BCUT2D eigenvalue weighted by molar-refractivity contribution is 0.0600. The van der Waals surface area contributed by atoms with Crippen molar-refractivity contribution in [1.29, 1.82) is 0 Å². The molecule has 0 bridgehead atoms. The van der Waals surface area contributed by atoms with E-state index in [0.29, 0.717) is 5.56 Å². The average Bonchev–Trinajstić information content (AvgIpc) is 3.05. The van der Waals surface area contributed by atoms with Crippen molar-refractivity contribution in [2.75, 3.05) is 57.8 Å². The Hall–Kier alpha value is -1.82. The predicted octanol–water partition coefficient (Wildman–Crippen LogP) is 10.4. The summed E-state index contributed by atoms with van der Waals surface area (Å²) in [4.78, 5) is 19.5. The zero-order valence-corrected chi connectivity index (χ0v) is 30.9. The molecular weight excluding hydrogens is 554 g/mol. The fraction of sp³-hybridized carbons (Fsp3) is 0.703. The molecule has 0 saturated carbocycles. The van der Waals surface area contributed by atoms with Gasteiger partial charge in [0.15, 0.2) is 0 Å². The van der Waals surface area contributed by atoms with Crippen LogP contribution in [0, 0.1) is 6.92 Å². The summed E-state index contributed by atoms with van der Waals surface area (Å²) < 4.78 is 4.93. The van der Waals surface area contributed by atoms with Crippen molar-refractivity contribution in [3.8, 4) is 0 Å². The maximum Gasteiger partial charge on any atom is 0.337 e. The first-order valence-corrected chi connectivity index (χ1v) is 17.5. The molecule has 0 aliphatic carbocycles. The number of piperidine rings is 1. The lowest BCUT2D eigenvalue weighted by atomic mass is 10.1. The quantitative estimate of drug-likeness (QED) is 0.152. The number of carbonyl (C=O) groups is 1. The van der Waals surface area contributed by atoms with Gasteiger partial charge < -0.3 is 14.5 Å². The summed E-state index contributed by atoms with van der Waals surface area (Å²) in [5.74, 6) is -0.307. The van der Waals surface area contributed by atoms with E-state index in [1.807, 2.05) is 52.0 Å². The maximum absolute atomic E-state index is 12.1. The van der Waals surface area contributed by atoms with Crippen LogP contribution >= 0.6 is 11.6 Å². The van der Waals surface area contributed by atoms with Crippen LogP contribution in [0.3, 0.4) is 0 Å². The van der Waals surface area contributed by atoms with Crippen LogP contribution in [0.5, 0.6) is 0 Å². The summed E-state index contributed by atoms with van der Waals surface area (Å²) in [6.45, 7) is 31.9. The van der Waals surface area contributed by atoms with Gasteiger partial charge in [0.2, 0.25) is 0 Å². The average molecular weight is 624 g/mol. The molecule has 1 heterocycles. The molecule has 5 nitrogen and oxygen atoms in total.